The van der Waals surface area contributed by atoms with Gasteiger partial charge in [-0.15, -0.1) is 0 Å². The lowest BCUT2D eigenvalue weighted by Gasteiger charge is -2.21. The van der Waals surface area contributed by atoms with Crippen molar-refractivity contribution in [1.82, 2.24) is 4.31 Å². The third-order valence-electron chi connectivity index (χ3n) is 4.85. The third kappa shape index (κ3) is 4.47. The van der Waals surface area contributed by atoms with Crippen LogP contribution in [0, 0.1) is 0 Å². The highest BCUT2D eigenvalue weighted by Gasteiger charge is 2.39. The molecule has 0 radical (unpaired) electrons. The Balaban J connectivity index is 1.78. The van der Waals surface area contributed by atoms with Crippen LogP contribution in [0.2, 0.25) is 0 Å². The average molecular weight is 417 g/mol. The number of benzene rings is 2. The fourth-order valence-electron chi connectivity index (χ4n) is 3.23. The number of sulfonamides is 1. The Kier molecular flexibility index (Phi) is 6.02. The summed E-state index contributed by atoms with van der Waals surface area (Å²) in [7, 11) is -3.87. The molecule has 4 N–H and O–H groups in total. The molecule has 0 aliphatic carbocycles. The number of anilines is 1. The number of nitrogens with one attached hydrogen (secondary N) is 1. The van der Waals surface area contributed by atoms with Crippen molar-refractivity contribution in [1.29, 1.82) is 0 Å². The van der Waals surface area contributed by atoms with Gasteiger partial charge in [-0.05, 0) is 55.2 Å². The summed E-state index contributed by atoms with van der Waals surface area (Å²) in [6.07, 6.45) is 0.846. The van der Waals surface area contributed by atoms with E-state index in [1.165, 1.54) is 12.1 Å². The van der Waals surface area contributed by atoms with E-state index in [0.717, 1.165) is 15.4 Å². The summed E-state index contributed by atoms with van der Waals surface area (Å²) in [5.41, 5.74) is 7.78. The first kappa shape index (κ1) is 21.0. The standard InChI is InChI=1S/C20H23N3O5S/c1-13(21)19(24)22-16-8-4-14(5-9-16)15-6-10-17(11-7-15)29(27,28)23-12-2-3-18(23)20(25)26/h4-11,13,18H,2-3,12,21H2,1H3,(H,22,24)(H,25,26)/t13-,18-/m1/s1. The van der Waals surface area contributed by atoms with Gasteiger partial charge in [-0.2, -0.15) is 4.31 Å². The third-order valence-corrected chi connectivity index (χ3v) is 6.77. The van der Waals surface area contributed by atoms with Crippen molar-refractivity contribution in [2.45, 2.75) is 36.7 Å². The Morgan fingerprint density at radius 2 is 1.66 bits per heavy atom. The predicted molar refractivity (Wildman–Crippen MR) is 109 cm³/mol. The summed E-state index contributed by atoms with van der Waals surface area (Å²) in [4.78, 5) is 23.0. The number of aliphatic carboxylic acids is 1. The lowest BCUT2D eigenvalue weighted by Crippen LogP contribution is -2.40. The second-order valence-electron chi connectivity index (χ2n) is 6.99. The number of carboxylic acid groups (broad SMARTS) is 1. The fraction of sp³-hybridized carbons (Fsp3) is 0.300. The van der Waals surface area contributed by atoms with Gasteiger partial charge in [0.2, 0.25) is 15.9 Å². The Hall–Kier alpha value is -2.75. The monoisotopic (exact) mass is 417 g/mol. The van der Waals surface area contributed by atoms with Gasteiger partial charge in [0.1, 0.15) is 6.04 Å². The molecule has 2 atom stereocenters. The van der Waals surface area contributed by atoms with E-state index in [1.807, 2.05) is 0 Å². The van der Waals surface area contributed by atoms with Crippen LogP contribution in [-0.2, 0) is 19.6 Å². The molecule has 1 heterocycles. The van der Waals surface area contributed by atoms with Gasteiger partial charge in [0.25, 0.3) is 0 Å². The second-order valence-corrected chi connectivity index (χ2v) is 8.88. The number of hydrogen-bond donors (Lipinski definition) is 3. The maximum atomic E-state index is 12.8. The van der Waals surface area contributed by atoms with Gasteiger partial charge in [-0.25, -0.2) is 8.42 Å². The minimum atomic E-state index is -3.87. The van der Waals surface area contributed by atoms with Gasteiger partial charge in [0, 0.05) is 12.2 Å². The van der Waals surface area contributed by atoms with Crippen LogP contribution in [0.3, 0.4) is 0 Å². The number of hydrogen-bond acceptors (Lipinski definition) is 5. The van der Waals surface area contributed by atoms with Gasteiger partial charge in [-0.1, -0.05) is 24.3 Å². The molecule has 9 heteroatoms. The molecular formula is C20H23N3O5S. The molecule has 29 heavy (non-hydrogen) atoms. The van der Waals surface area contributed by atoms with Gasteiger partial charge >= 0.3 is 5.97 Å². The zero-order valence-corrected chi connectivity index (χ0v) is 16.7. The number of nitrogens with zero attached hydrogens (tertiary/aromatic N) is 1. The van der Waals surface area contributed by atoms with E-state index in [2.05, 4.69) is 5.32 Å². The maximum Gasteiger partial charge on any atom is 0.322 e. The van der Waals surface area contributed by atoms with Crippen molar-refractivity contribution >= 4 is 27.6 Å². The number of amides is 1. The Labute approximate surface area is 169 Å². The largest absolute Gasteiger partial charge is 0.480 e. The van der Waals surface area contributed by atoms with Crippen molar-refractivity contribution in [3.63, 3.8) is 0 Å². The van der Waals surface area contributed by atoms with Crippen molar-refractivity contribution in [3.05, 3.63) is 48.5 Å². The van der Waals surface area contributed by atoms with E-state index in [9.17, 15) is 23.1 Å². The molecule has 0 bridgehead atoms. The number of rotatable bonds is 6. The fourth-order valence-corrected chi connectivity index (χ4v) is 4.88. The van der Waals surface area contributed by atoms with Crippen LogP contribution in [0.4, 0.5) is 5.69 Å². The molecule has 0 aromatic heterocycles. The van der Waals surface area contributed by atoms with Crippen LogP contribution in [0.5, 0.6) is 0 Å². The molecule has 1 aliphatic heterocycles. The molecule has 8 nitrogen and oxygen atoms in total. The summed E-state index contributed by atoms with van der Waals surface area (Å²) >= 11 is 0. The lowest BCUT2D eigenvalue weighted by atomic mass is 10.1. The number of carbonyl (C=O) groups is 2. The molecule has 2 aromatic carbocycles. The second kappa shape index (κ2) is 8.32. The highest BCUT2D eigenvalue weighted by Crippen LogP contribution is 2.28. The highest BCUT2D eigenvalue weighted by atomic mass is 32.2. The van der Waals surface area contributed by atoms with Crippen molar-refractivity contribution in [2.24, 2.45) is 5.73 Å². The predicted octanol–water partition coefficient (Wildman–Crippen LogP) is 1.88. The molecule has 3 rings (SSSR count). The topological polar surface area (TPSA) is 130 Å². The van der Waals surface area contributed by atoms with E-state index < -0.39 is 28.1 Å². The van der Waals surface area contributed by atoms with Crippen LogP contribution in [0.15, 0.2) is 53.4 Å². The van der Waals surface area contributed by atoms with Gasteiger partial charge in [0.15, 0.2) is 0 Å². The van der Waals surface area contributed by atoms with Gasteiger partial charge < -0.3 is 16.2 Å². The molecule has 1 amide bonds. The molecule has 0 saturated carbocycles. The number of nitrogens with two attached hydrogens (primary N) is 1. The quantitative estimate of drug-likeness (QED) is 0.658. The molecule has 1 saturated heterocycles. The zero-order valence-electron chi connectivity index (χ0n) is 15.9. The van der Waals surface area contributed by atoms with Crippen LogP contribution in [0.25, 0.3) is 11.1 Å². The highest BCUT2D eigenvalue weighted by molar-refractivity contribution is 7.89. The van der Waals surface area contributed by atoms with Gasteiger partial charge in [-0.3, -0.25) is 9.59 Å². The summed E-state index contributed by atoms with van der Waals surface area (Å²) in [5.74, 6) is -1.41. The van der Waals surface area contributed by atoms with Crippen LogP contribution >= 0.6 is 0 Å². The molecule has 2 aromatic rings. The minimum absolute atomic E-state index is 0.0650. The van der Waals surface area contributed by atoms with E-state index in [0.29, 0.717) is 18.5 Å². The number of carboxylic acids is 1. The summed E-state index contributed by atoms with van der Waals surface area (Å²) in [6.45, 7) is 1.80. The zero-order chi connectivity index (χ0) is 21.2. The average Bonchev–Trinajstić information content (AvgIpc) is 3.20. The van der Waals surface area contributed by atoms with Crippen LogP contribution in [-0.4, -0.2) is 48.3 Å². The van der Waals surface area contributed by atoms with Crippen LogP contribution in [0.1, 0.15) is 19.8 Å². The Morgan fingerprint density at radius 3 is 2.17 bits per heavy atom. The summed E-state index contributed by atoms with van der Waals surface area (Å²) in [5, 5.41) is 12.0. The Bertz CT molecular complexity index is 1000. The molecule has 1 aliphatic rings. The minimum Gasteiger partial charge on any atom is -0.480 e. The van der Waals surface area contributed by atoms with Crippen molar-refractivity contribution in [2.75, 3.05) is 11.9 Å². The lowest BCUT2D eigenvalue weighted by molar-refractivity contribution is -0.140. The van der Waals surface area contributed by atoms with Gasteiger partial charge in [0.05, 0.1) is 10.9 Å². The van der Waals surface area contributed by atoms with E-state index >= 15 is 0 Å². The van der Waals surface area contributed by atoms with Crippen LogP contribution < -0.4 is 11.1 Å². The molecule has 0 spiro atoms. The Morgan fingerprint density at radius 1 is 1.10 bits per heavy atom. The first-order valence-corrected chi connectivity index (χ1v) is 10.7. The molecule has 154 valence electrons. The van der Waals surface area contributed by atoms with E-state index in [1.54, 1.807) is 43.3 Å². The van der Waals surface area contributed by atoms with Crippen molar-refractivity contribution in [3.8, 4) is 11.1 Å². The maximum absolute atomic E-state index is 12.8. The molecule has 0 unspecified atom stereocenters. The van der Waals surface area contributed by atoms with E-state index in [4.69, 9.17) is 5.73 Å². The number of carbonyl (C=O) groups excluding carboxylic acids is 1. The molecular weight excluding hydrogens is 394 g/mol. The normalized spacial score (nSPS) is 18.3. The van der Waals surface area contributed by atoms with Crippen molar-refractivity contribution < 1.29 is 23.1 Å². The SMILES string of the molecule is C[C@@H](N)C(=O)Nc1ccc(-c2ccc(S(=O)(=O)N3CCC[C@@H]3C(=O)O)cc2)cc1. The first-order chi connectivity index (χ1) is 13.7. The summed E-state index contributed by atoms with van der Waals surface area (Å²) < 4.78 is 26.7. The summed E-state index contributed by atoms with van der Waals surface area (Å²) in [6, 6.07) is 11.8. The van der Waals surface area contributed by atoms with E-state index in [-0.39, 0.29) is 17.3 Å². The molecule has 1 fully saturated rings. The first-order valence-electron chi connectivity index (χ1n) is 9.22. The smallest absolute Gasteiger partial charge is 0.322 e.